The molecule has 1 fully saturated rings. The van der Waals surface area contributed by atoms with Crippen molar-refractivity contribution >= 4 is 5.91 Å². The summed E-state index contributed by atoms with van der Waals surface area (Å²) in [4.78, 5) is 14.3. The first-order valence-corrected chi connectivity index (χ1v) is 8.66. The van der Waals surface area contributed by atoms with Gasteiger partial charge in [-0.25, -0.2) is 0 Å². The van der Waals surface area contributed by atoms with Crippen molar-refractivity contribution in [3.63, 3.8) is 0 Å². The van der Waals surface area contributed by atoms with E-state index in [4.69, 9.17) is 4.52 Å². The van der Waals surface area contributed by atoms with Crippen molar-refractivity contribution in [2.75, 3.05) is 6.54 Å². The van der Waals surface area contributed by atoms with Crippen LogP contribution in [0.15, 0.2) is 16.7 Å². The number of hydrogen-bond acceptors (Lipinski definition) is 4. The zero-order valence-electron chi connectivity index (χ0n) is 14.7. The van der Waals surface area contributed by atoms with Crippen LogP contribution in [0.4, 0.5) is 13.2 Å². The average Bonchev–Trinajstić information content (AvgIpc) is 3.26. The molecule has 2 aromatic heterocycles. The van der Waals surface area contributed by atoms with Crippen molar-refractivity contribution in [3.8, 4) is 0 Å². The minimum absolute atomic E-state index is 0.199. The molecule has 0 N–H and O–H groups in total. The quantitative estimate of drug-likeness (QED) is 0.808. The minimum atomic E-state index is -4.52. The van der Waals surface area contributed by atoms with Gasteiger partial charge in [0.1, 0.15) is 18.0 Å². The van der Waals surface area contributed by atoms with Crippen molar-refractivity contribution in [3.05, 3.63) is 35.0 Å². The number of carbonyl (C=O) groups is 1. The van der Waals surface area contributed by atoms with E-state index in [2.05, 4.69) is 10.3 Å². The van der Waals surface area contributed by atoms with Gasteiger partial charge in [0.15, 0.2) is 5.69 Å². The normalized spacial score (nSPS) is 17.9. The van der Waals surface area contributed by atoms with Crippen LogP contribution in [0.5, 0.6) is 0 Å². The molecule has 1 saturated heterocycles. The van der Waals surface area contributed by atoms with Gasteiger partial charge in [-0.15, -0.1) is 0 Å². The lowest BCUT2D eigenvalue weighted by Gasteiger charge is -2.23. The zero-order chi connectivity index (χ0) is 18.9. The number of aryl methyl sites for hydroxylation is 2. The van der Waals surface area contributed by atoms with Gasteiger partial charge < -0.3 is 9.42 Å². The number of hydrogen-bond donors (Lipinski definition) is 0. The lowest BCUT2D eigenvalue weighted by Crippen LogP contribution is -2.34. The monoisotopic (exact) mass is 370 g/mol. The van der Waals surface area contributed by atoms with E-state index in [0.29, 0.717) is 17.9 Å². The predicted octanol–water partition coefficient (Wildman–Crippen LogP) is 3.51. The van der Waals surface area contributed by atoms with E-state index in [1.165, 1.54) is 6.92 Å². The van der Waals surface area contributed by atoms with Crippen LogP contribution in [0.3, 0.4) is 0 Å². The molecule has 0 aromatic carbocycles. The Morgan fingerprint density at radius 3 is 2.81 bits per heavy atom. The summed E-state index contributed by atoms with van der Waals surface area (Å²) < 4.78 is 44.7. The molecule has 0 spiro atoms. The van der Waals surface area contributed by atoms with Crippen molar-refractivity contribution in [2.45, 2.75) is 58.3 Å². The third-order valence-electron chi connectivity index (χ3n) is 4.54. The molecular weight excluding hydrogens is 349 g/mol. The molecule has 1 amide bonds. The number of amides is 1. The number of carbonyl (C=O) groups excluding carboxylic acids is 1. The second kappa shape index (κ2) is 7.13. The molecule has 1 aliphatic heterocycles. The summed E-state index contributed by atoms with van der Waals surface area (Å²) in [5, 5.41) is 7.60. The smallest absolute Gasteiger partial charge is 0.361 e. The highest BCUT2D eigenvalue weighted by atomic mass is 19.4. The summed E-state index contributed by atoms with van der Waals surface area (Å²) in [7, 11) is 0. The molecule has 2 aromatic rings. The first-order chi connectivity index (χ1) is 12.3. The molecule has 3 rings (SSSR count). The third kappa shape index (κ3) is 3.76. The van der Waals surface area contributed by atoms with Gasteiger partial charge in [0.25, 0.3) is 0 Å². The third-order valence-corrected chi connectivity index (χ3v) is 4.54. The Kier molecular flexibility index (Phi) is 5.06. The lowest BCUT2D eigenvalue weighted by molar-refractivity contribution is -0.142. The summed E-state index contributed by atoms with van der Waals surface area (Å²) in [6.45, 7) is 3.87. The maximum Gasteiger partial charge on any atom is 0.435 e. The SMILES string of the molecule is CCCc1cc(C2CCCN2C(=O)Cn2nc(C(F)(F)F)cc2C)no1. The van der Waals surface area contributed by atoms with Crippen LogP contribution >= 0.6 is 0 Å². The van der Waals surface area contributed by atoms with Gasteiger partial charge in [-0.1, -0.05) is 12.1 Å². The molecule has 0 aliphatic carbocycles. The second-order valence-corrected chi connectivity index (χ2v) is 6.54. The summed E-state index contributed by atoms with van der Waals surface area (Å²) in [5.74, 6) is 0.506. The molecule has 1 unspecified atom stereocenters. The number of alkyl halides is 3. The van der Waals surface area contributed by atoms with E-state index >= 15 is 0 Å². The van der Waals surface area contributed by atoms with Gasteiger partial charge in [-0.2, -0.15) is 18.3 Å². The second-order valence-electron chi connectivity index (χ2n) is 6.54. The molecule has 3 heterocycles. The number of halogens is 3. The Bertz CT molecular complexity index is 781. The van der Waals surface area contributed by atoms with E-state index < -0.39 is 11.9 Å². The van der Waals surface area contributed by atoms with Crippen molar-refractivity contribution < 1.29 is 22.5 Å². The average molecular weight is 370 g/mol. The molecule has 0 saturated carbocycles. The van der Waals surface area contributed by atoms with Gasteiger partial charge in [0.05, 0.1) is 6.04 Å². The number of aromatic nitrogens is 3. The Morgan fingerprint density at radius 2 is 2.15 bits per heavy atom. The fourth-order valence-electron chi connectivity index (χ4n) is 3.25. The molecule has 0 radical (unpaired) electrons. The molecular formula is C17H21F3N4O2. The van der Waals surface area contributed by atoms with Crippen LogP contribution in [-0.4, -0.2) is 32.3 Å². The van der Waals surface area contributed by atoms with E-state index in [9.17, 15) is 18.0 Å². The summed E-state index contributed by atoms with van der Waals surface area (Å²) >= 11 is 0. The van der Waals surface area contributed by atoms with Crippen LogP contribution in [0.25, 0.3) is 0 Å². The standard InChI is InChI=1S/C17H21F3N4O2/c1-3-5-12-9-13(22-26-12)14-6-4-7-23(14)16(25)10-24-11(2)8-15(21-24)17(18,19)20/h8-9,14H,3-7,10H2,1-2H3. The van der Waals surface area contributed by atoms with Gasteiger partial charge in [-0.3, -0.25) is 9.48 Å². The summed E-state index contributed by atoms with van der Waals surface area (Å²) in [6.07, 6.45) is -1.23. The van der Waals surface area contributed by atoms with Crippen LogP contribution in [0.2, 0.25) is 0 Å². The molecule has 1 atom stereocenters. The summed E-state index contributed by atoms with van der Waals surface area (Å²) in [5.41, 5.74) is 0.0158. The molecule has 1 aliphatic rings. The largest absolute Gasteiger partial charge is 0.435 e. The first-order valence-electron chi connectivity index (χ1n) is 8.66. The number of likely N-dealkylation sites (tertiary alicyclic amines) is 1. The minimum Gasteiger partial charge on any atom is -0.361 e. The lowest BCUT2D eigenvalue weighted by atomic mass is 10.1. The Labute approximate surface area is 148 Å². The number of nitrogens with zero attached hydrogens (tertiary/aromatic N) is 4. The molecule has 9 heteroatoms. The fourth-order valence-corrected chi connectivity index (χ4v) is 3.25. The van der Waals surface area contributed by atoms with Crippen molar-refractivity contribution in [1.82, 2.24) is 19.8 Å². The predicted molar refractivity (Wildman–Crippen MR) is 86.2 cm³/mol. The maximum absolute atomic E-state index is 12.8. The van der Waals surface area contributed by atoms with E-state index in [1.807, 2.05) is 13.0 Å². The molecule has 6 nitrogen and oxygen atoms in total. The van der Waals surface area contributed by atoms with Crippen LogP contribution in [-0.2, 0) is 23.9 Å². The zero-order valence-corrected chi connectivity index (χ0v) is 14.7. The topological polar surface area (TPSA) is 64.2 Å². The Hall–Kier alpha value is -2.32. The highest BCUT2D eigenvalue weighted by molar-refractivity contribution is 5.76. The highest BCUT2D eigenvalue weighted by Gasteiger charge is 2.36. The molecule has 142 valence electrons. The van der Waals surface area contributed by atoms with Gasteiger partial charge in [0, 0.05) is 24.7 Å². The summed E-state index contributed by atoms with van der Waals surface area (Å²) in [6, 6.07) is 2.61. The van der Waals surface area contributed by atoms with Crippen LogP contribution < -0.4 is 0 Å². The van der Waals surface area contributed by atoms with E-state index in [-0.39, 0.29) is 18.5 Å². The Balaban J connectivity index is 1.73. The van der Waals surface area contributed by atoms with Gasteiger partial charge in [-0.05, 0) is 32.3 Å². The molecule has 26 heavy (non-hydrogen) atoms. The highest BCUT2D eigenvalue weighted by Crippen LogP contribution is 2.32. The van der Waals surface area contributed by atoms with E-state index in [1.54, 1.807) is 4.90 Å². The van der Waals surface area contributed by atoms with Gasteiger partial charge >= 0.3 is 6.18 Å². The van der Waals surface area contributed by atoms with Gasteiger partial charge in [0.2, 0.25) is 5.91 Å². The Morgan fingerprint density at radius 1 is 1.38 bits per heavy atom. The number of rotatable bonds is 5. The van der Waals surface area contributed by atoms with Crippen molar-refractivity contribution in [2.24, 2.45) is 0 Å². The van der Waals surface area contributed by atoms with E-state index in [0.717, 1.165) is 42.2 Å². The van der Waals surface area contributed by atoms with Crippen LogP contribution in [0.1, 0.15) is 55.1 Å². The fraction of sp³-hybridized carbons (Fsp3) is 0.588. The molecule has 0 bridgehead atoms. The van der Waals surface area contributed by atoms with Crippen molar-refractivity contribution in [1.29, 1.82) is 0 Å². The maximum atomic E-state index is 12.8. The first kappa shape index (κ1) is 18.5. The van der Waals surface area contributed by atoms with Crippen LogP contribution in [0, 0.1) is 6.92 Å².